The lowest BCUT2D eigenvalue weighted by atomic mass is 10.2. The van der Waals surface area contributed by atoms with Crippen molar-refractivity contribution in [2.75, 3.05) is 6.54 Å². The molecule has 1 aromatic heterocycles. The van der Waals surface area contributed by atoms with Crippen LogP contribution in [-0.2, 0) is 6.42 Å². The van der Waals surface area contributed by atoms with Crippen molar-refractivity contribution in [2.45, 2.75) is 6.42 Å². The summed E-state index contributed by atoms with van der Waals surface area (Å²) in [6.45, 7) is 0.544. The average molecular weight is 179 g/mol. The van der Waals surface area contributed by atoms with E-state index < -0.39 is 0 Å². The molecule has 2 aromatic rings. The van der Waals surface area contributed by atoms with Crippen molar-refractivity contribution >= 4 is 11.0 Å². The molecule has 0 atom stereocenters. The van der Waals surface area contributed by atoms with Gasteiger partial charge in [-0.25, -0.2) is 4.39 Å². The van der Waals surface area contributed by atoms with Gasteiger partial charge in [0.15, 0.2) is 0 Å². The van der Waals surface area contributed by atoms with Gasteiger partial charge in [0.1, 0.15) is 17.2 Å². The van der Waals surface area contributed by atoms with Gasteiger partial charge in [-0.3, -0.25) is 0 Å². The third kappa shape index (κ3) is 1.55. The van der Waals surface area contributed by atoms with E-state index in [1.54, 1.807) is 6.07 Å². The standard InChI is InChI=1S/C10H10FNO/c11-8-2-1-7-5-9(3-4-12)13-10(7)6-8/h1-2,5-6H,3-4,12H2. The highest BCUT2D eigenvalue weighted by molar-refractivity contribution is 5.77. The van der Waals surface area contributed by atoms with Crippen molar-refractivity contribution < 1.29 is 8.81 Å². The Morgan fingerprint density at radius 3 is 2.92 bits per heavy atom. The van der Waals surface area contributed by atoms with Crippen LogP contribution in [0.5, 0.6) is 0 Å². The van der Waals surface area contributed by atoms with Crippen LogP contribution in [0, 0.1) is 5.82 Å². The zero-order valence-electron chi connectivity index (χ0n) is 7.09. The molecule has 3 heteroatoms. The summed E-state index contributed by atoms with van der Waals surface area (Å²) in [5.41, 5.74) is 5.96. The first kappa shape index (κ1) is 8.26. The van der Waals surface area contributed by atoms with E-state index in [9.17, 15) is 4.39 Å². The highest BCUT2D eigenvalue weighted by Crippen LogP contribution is 2.20. The second-order valence-electron chi connectivity index (χ2n) is 2.93. The van der Waals surface area contributed by atoms with Crippen molar-refractivity contribution in [3.63, 3.8) is 0 Å². The molecule has 2 nitrogen and oxygen atoms in total. The van der Waals surface area contributed by atoms with Crippen LogP contribution in [0.2, 0.25) is 0 Å². The maximum atomic E-state index is 12.7. The van der Waals surface area contributed by atoms with E-state index >= 15 is 0 Å². The van der Waals surface area contributed by atoms with Crippen LogP contribution < -0.4 is 5.73 Å². The maximum Gasteiger partial charge on any atom is 0.137 e. The molecule has 0 unspecified atom stereocenters. The second-order valence-corrected chi connectivity index (χ2v) is 2.93. The predicted octanol–water partition coefficient (Wildman–Crippen LogP) is 2.07. The van der Waals surface area contributed by atoms with Gasteiger partial charge in [0.2, 0.25) is 0 Å². The summed E-state index contributed by atoms with van der Waals surface area (Å²) in [5, 5.41) is 0.921. The Balaban J connectivity index is 2.49. The van der Waals surface area contributed by atoms with Crippen molar-refractivity contribution in [1.29, 1.82) is 0 Å². The van der Waals surface area contributed by atoms with Gasteiger partial charge in [0.05, 0.1) is 0 Å². The molecule has 0 saturated heterocycles. The molecule has 0 saturated carbocycles. The van der Waals surface area contributed by atoms with Crippen LogP contribution in [0.3, 0.4) is 0 Å². The molecule has 1 heterocycles. The number of halogens is 1. The minimum Gasteiger partial charge on any atom is -0.461 e. The normalized spacial score (nSPS) is 10.9. The van der Waals surface area contributed by atoms with Gasteiger partial charge in [-0.1, -0.05) is 0 Å². The maximum absolute atomic E-state index is 12.7. The zero-order chi connectivity index (χ0) is 9.26. The third-order valence-corrected chi connectivity index (χ3v) is 1.92. The number of benzene rings is 1. The minimum absolute atomic E-state index is 0.277. The van der Waals surface area contributed by atoms with E-state index in [2.05, 4.69) is 0 Å². The largest absolute Gasteiger partial charge is 0.461 e. The van der Waals surface area contributed by atoms with Crippen LogP contribution >= 0.6 is 0 Å². The van der Waals surface area contributed by atoms with Crippen molar-refractivity contribution in [3.05, 3.63) is 35.8 Å². The van der Waals surface area contributed by atoms with Gasteiger partial charge in [-0.05, 0) is 24.7 Å². The molecule has 0 aliphatic heterocycles. The van der Waals surface area contributed by atoms with Crippen LogP contribution in [0.1, 0.15) is 5.76 Å². The number of furan rings is 1. The number of hydrogen-bond donors (Lipinski definition) is 1. The molecule has 0 amide bonds. The number of hydrogen-bond acceptors (Lipinski definition) is 2. The lowest BCUT2D eigenvalue weighted by Gasteiger charge is -1.88. The smallest absolute Gasteiger partial charge is 0.137 e. The molecule has 0 bridgehead atoms. The molecule has 2 rings (SSSR count). The fourth-order valence-corrected chi connectivity index (χ4v) is 1.33. The van der Waals surface area contributed by atoms with Crippen molar-refractivity contribution in [2.24, 2.45) is 5.73 Å². The Kier molecular flexibility index (Phi) is 2.02. The summed E-state index contributed by atoms with van der Waals surface area (Å²) in [6.07, 6.45) is 0.691. The van der Waals surface area contributed by atoms with E-state index in [0.717, 1.165) is 11.1 Å². The predicted molar refractivity (Wildman–Crippen MR) is 48.9 cm³/mol. The summed E-state index contributed by atoms with van der Waals surface area (Å²) in [4.78, 5) is 0. The summed E-state index contributed by atoms with van der Waals surface area (Å²) in [5.74, 6) is 0.532. The fraction of sp³-hybridized carbons (Fsp3) is 0.200. The average Bonchev–Trinajstić information content (AvgIpc) is 2.46. The van der Waals surface area contributed by atoms with Gasteiger partial charge in [0, 0.05) is 17.9 Å². The van der Waals surface area contributed by atoms with Crippen LogP contribution in [0.4, 0.5) is 4.39 Å². The monoisotopic (exact) mass is 179 g/mol. The number of rotatable bonds is 2. The Labute approximate surface area is 75.1 Å². The second kappa shape index (κ2) is 3.18. The molecule has 1 aromatic carbocycles. The molecule has 0 fully saturated rings. The molecule has 13 heavy (non-hydrogen) atoms. The Morgan fingerprint density at radius 2 is 2.15 bits per heavy atom. The Bertz CT molecular complexity index is 422. The first-order chi connectivity index (χ1) is 6.29. The van der Waals surface area contributed by atoms with Gasteiger partial charge >= 0.3 is 0 Å². The highest BCUT2D eigenvalue weighted by atomic mass is 19.1. The molecule has 2 N–H and O–H groups in total. The minimum atomic E-state index is -0.277. The van der Waals surface area contributed by atoms with Crippen LogP contribution in [0.15, 0.2) is 28.7 Å². The van der Waals surface area contributed by atoms with E-state index in [1.165, 1.54) is 12.1 Å². The van der Waals surface area contributed by atoms with Crippen LogP contribution in [-0.4, -0.2) is 6.54 Å². The van der Waals surface area contributed by atoms with E-state index in [-0.39, 0.29) is 5.82 Å². The quantitative estimate of drug-likeness (QED) is 0.766. The molecule has 0 aliphatic rings. The molecular weight excluding hydrogens is 169 g/mol. The van der Waals surface area contributed by atoms with Crippen molar-refractivity contribution in [3.8, 4) is 0 Å². The highest BCUT2D eigenvalue weighted by Gasteiger charge is 2.03. The number of nitrogens with two attached hydrogens (primary N) is 1. The van der Waals surface area contributed by atoms with Gasteiger partial charge in [0.25, 0.3) is 0 Å². The Morgan fingerprint density at radius 1 is 1.31 bits per heavy atom. The van der Waals surface area contributed by atoms with Crippen LogP contribution in [0.25, 0.3) is 11.0 Å². The summed E-state index contributed by atoms with van der Waals surface area (Å²) in [7, 11) is 0. The first-order valence-corrected chi connectivity index (χ1v) is 4.17. The summed E-state index contributed by atoms with van der Waals surface area (Å²) in [6, 6.07) is 6.40. The van der Waals surface area contributed by atoms with Gasteiger partial charge < -0.3 is 10.2 Å². The molecular formula is C10H10FNO. The Hall–Kier alpha value is -1.35. The summed E-state index contributed by atoms with van der Waals surface area (Å²) < 4.78 is 18.1. The molecule has 0 aliphatic carbocycles. The molecule has 0 radical (unpaired) electrons. The lowest BCUT2D eigenvalue weighted by molar-refractivity contribution is 0.546. The van der Waals surface area contributed by atoms with Gasteiger partial charge in [-0.2, -0.15) is 0 Å². The topological polar surface area (TPSA) is 39.2 Å². The van der Waals surface area contributed by atoms with E-state index in [0.29, 0.717) is 18.5 Å². The lowest BCUT2D eigenvalue weighted by Crippen LogP contribution is -2.01. The summed E-state index contributed by atoms with van der Waals surface area (Å²) >= 11 is 0. The number of fused-ring (bicyclic) bond motifs is 1. The first-order valence-electron chi connectivity index (χ1n) is 4.17. The van der Waals surface area contributed by atoms with Gasteiger partial charge in [-0.15, -0.1) is 0 Å². The fourth-order valence-electron chi connectivity index (χ4n) is 1.33. The van der Waals surface area contributed by atoms with E-state index in [4.69, 9.17) is 10.2 Å². The van der Waals surface area contributed by atoms with Crippen molar-refractivity contribution in [1.82, 2.24) is 0 Å². The zero-order valence-corrected chi connectivity index (χ0v) is 7.09. The molecule has 68 valence electrons. The molecule has 0 spiro atoms. The van der Waals surface area contributed by atoms with E-state index in [1.807, 2.05) is 6.07 Å². The SMILES string of the molecule is NCCc1cc2ccc(F)cc2o1. The third-order valence-electron chi connectivity index (χ3n) is 1.92.